The molecule has 2 atom stereocenters. The molecule has 3 rings (SSSR count). The van der Waals surface area contributed by atoms with Gasteiger partial charge in [-0.1, -0.05) is 94.4 Å². The molecule has 1 heterocycles. The van der Waals surface area contributed by atoms with E-state index in [2.05, 4.69) is 69.3 Å². The summed E-state index contributed by atoms with van der Waals surface area (Å²) >= 11 is 0. The van der Waals surface area contributed by atoms with Crippen LogP contribution in [0.4, 0.5) is 4.79 Å². The third kappa shape index (κ3) is 4.46. The number of cyclic esters (lactones) is 2. The molecule has 0 aliphatic carbocycles. The summed E-state index contributed by atoms with van der Waals surface area (Å²) in [5.41, 5.74) is 0. The molecular formula is C24H30O4Si. The number of allylic oxidation sites excluding steroid dienone is 1. The molecule has 154 valence electrons. The molecule has 0 radical (unpaired) electrons. The van der Waals surface area contributed by atoms with Crippen LogP contribution in [0.3, 0.4) is 0 Å². The quantitative estimate of drug-likeness (QED) is 0.385. The summed E-state index contributed by atoms with van der Waals surface area (Å²) in [6.45, 7) is 9.01. The molecule has 0 amide bonds. The Morgan fingerprint density at radius 3 is 2.00 bits per heavy atom. The Balaban J connectivity index is 2.00. The maximum absolute atomic E-state index is 11.8. The minimum absolute atomic E-state index is 0.131. The van der Waals surface area contributed by atoms with Crippen molar-refractivity contribution in [3.05, 3.63) is 72.8 Å². The maximum Gasteiger partial charge on any atom is 0.509 e. The van der Waals surface area contributed by atoms with E-state index in [1.807, 2.05) is 31.2 Å². The zero-order chi connectivity index (χ0) is 20.9. The minimum Gasteiger partial charge on any atom is -0.424 e. The average Bonchev–Trinajstić information content (AvgIpc) is 3.07. The number of carbonyl (C=O) groups is 1. The van der Waals surface area contributed by atoms with E-state index >= 15 is 0 Å². The molecule has 0 bridgehead atoms. The Hall–Kier alpha value is -2.37. The summed E-state index contributed by atoms with van der Waals surface area (Å²) in [5.74, 6) is 0. The van der Waals surface area contributed by atoms with Crippen LogP contribution in [-0.2, 0) is 13.9 Å². The zero-order valence-corrected chi connectivity index (χ0v) is 18.6. The molecular weight excluding hydrogens is 380 g/mol. The summed E-state index contributed by atoms with van der Waals surface area (Å²) in [6, 6.07) is 20.9. The van der Waals surface area contributed by atoms with E-state index < -0.39 is 26.7 Å². The summed E-state index contributed by atoms with van der Waals surface area (Å²) < 4.78 is 17.6. The van der Waals surface area contributed by atoms with Crippen molar-refractivity contribution in [1.82, 2.24) is 0 Å². The fraction of sp³-hybridized carbons (Fsp3) is 0.375. The van der Waals surface area contributed by atoms with Gasteiger partial charge < -0.3 is 13.9 Å². The fourth-order valence-electron chi connectivity index (χ4n) is 3.94. The first-order valence-electron chi connectivity index (χ1n) is 10.2. The largest absolute Gasteiger partial charge is 0.509 e. The molecule has 1 fully saturated rings. The predicted octanol–water partition coefficient (Wildman–Crippen LogP) is 4.43. The highest BCUT2D eigenvalue weighted by Gasteiger charge is 2.51. The first-order chi connectivity index (χ1) is 13.9. The lowest BCUT2D eigenvalue weighted by atomic mass is 10.2. The van der Waals surface area contributed by atoms with Crippen LogP contribution in [0.25, 0.3) is 0 Å². The van der Waals surface area contributed by atoms with Crippen molar-refractivity contribution in [2.75, 3.05) is 6.61 Å². The van der Waals surface area contributed by atoms with E-state index in [1.165, 1.54) is 10.4 Å². The van der Waals surface area contributed by atoms with Gasteiger partial charge in [-0.25, -0.2) is 4.79 Å². The lowest BCUT2D eigenvalue weighted by Crippen LogP contribution is -2.67. The molecule has 0 spiro atoms. The van der Waals surface area contributed by atoms with E-state index in [0.717, 1.165) is 6.42 Å². The molecule has 1 aliphatic rings. The number of carbonyl (C=O) groups excluding carboxylic acids is 1. The van der Waals surface area contributed by atoms with Gasteiger partial charge in [0.1, 0.15) is 0 Å². The van der Waals surface area contributed by atoms with E-state index in [-0.39, 0.29) is 11.6 Å². The van der Waals surface area contributed by atoms with Crippen molar-refractivity contribution in [2.45, 2.75) is 51.4 Å². The van der Waals surface area contributed by atoms with E-state index in [1.54, 1.807) is 0 Å². The summed E-state index contributed by atoms with van der Waals surface area (Å²) in [6.07, 6.45) is 3.25. The summed E-state index contributed by atoms with van der Waals surface area (Å²) in [4.78, 5) is 11.8. The van der Waals surface area contributed by atoms with Gasteiger partial charge in [-0.05, 0) is 27.9 Å². The minimum atomic E-state index is -2.67. The van der Waals surface area contributed by atoms with Crippen LogP contribution in [0.15, 0.2) is 72.8 Å². The van der Waals surface area contributed by atoms with Gasteiger partial charge in [-0.15, -0.1) is 0 Å². The Morgan fingerprint density at radius 2 is 1.52 bits per heavy atom. The van der Waals surface area contributed by atoms with Crippen molar-refractivity contribution in [1.29, 1.82) is 0 Å². The molecule has 0 unspecified atom stereocenters. The van der Waals surface area contributed by atoms with Crippen LogP contribution in [0.2, 0.25) is 5.04 Å². The van der Waals surface area contributed by atoms with E-state index in [4.69, 9.17) is 13.9 Å². The van der Waals surface area contributed by atoms with Gasteiger partial charge in [0.2, 0.25) is 0 Å². The fourth-order valence-corrected chi connectivity index (χ4v) is 8.51. The monoisotopic (exact) mass is 410 g/mol. The lowest BCUT2D eigenvalue weighted by Gasteiger charge is -2.43. The second kappa shape index (κ2) is 8.97. The molecule has 1 saturated heterocycles. The van der Waals surface area contributed by atoms with Gasteiger partial charge in [0.05, 0.1) is 6.61 Å². The number of benzene rings is 2. The normalized spacial score (nSPS) is 19.9. The summed E-state index contributed by atoms with van der Waals surface area (Å²) in [5, 5.41) is 2.27. The van der Waals surface area contributed by atoms with Crippen molar-refractivity contribution in [2.24, 2.45) is 0 Å². The number of hydrogen-bond acceptors (Lipinski definition) is 4. The van der Waals surface area contributed by atoms with Gasteiger partial charge in [0.15, 0.2) is 12.2 Å². The predicted molar refractivity (Wildman–Crippen MR) is 118 cm³/mol. The first-order valence-corrected chi connectivity index (χ1v) is 12.1. The van der Waals surface area contributed by atoms with Crippen molar-refractivity contribution >= 4 is 24.8 Å². The third-order valence-electron chi connectivity index (χ3n) is 5.29. The molecule has 29 heavy (non-hydrogen) atoms. The average molecular weight is 411 g/mol. The van der Waals surface area contributed by atoms with Gasteiger partial charge >= 0.3 is 6.16 Å². The topological polar surface area (TPSA) is 44.8 Å². The standard InChI is InChI=1S/C24H30O4Si/c1-5-6-17-21-22(28-23(25)27-21)18-26-29(24(2,3)4,19-13-9-7-10-14-19)20-15-11-8-12-16-20/h6-17,21-22H,5,18H2,1-4H3/b17-6+/t21-,22+/m1/s1. The van der Waals surface area contributed by atoms with Crippen molar-refractivity contribution in [3.8, 4) is 0 Å². The molecule has 0 saturated carbocycles. The second-order valence-electron chi connectivity index (χ2n) is 8.30. The smallest absolute Gasteiger partial charge is 0.424 e. The number of hydrogen-bond donors (Lipinski definition) is 0. The zero-order valence-electron chi connectivity index (χ0n) is 17.6. The highest BCUT2D eigenvalue weighted by Crippen LogP contribution is 2.37. The Labute approximate surface area is 174 Å². The van der Waals surface area contributed by atoms with E-state index in [9.17, 15) is 4.79 Å². The molecule has 2 aromatic rings. The highest BCUT2D eigenvalue weighted by atomic mass is 28.4. The second-order valence-corrected chi connectivity index (χ2v) is 12.6. The van der Waals surface area contributed by atoms with Crippen LogP contribution >= 0.6 is 0 Å². The van der Waals surface area contributed by atoms with Crippen LogP contribution in [-0.4, -0.2) is 33.3 Å². The van der Waals surface area contributed by atoms with Gasteiger partial charge in [0, 0.05) is 0 Å². The molecule has 0 N–H and O–H groups in total. The maximum atomic E-state index is 11.8. The Bertz CT molecular complexity index is 787. The van der Waals surface area contributed by atoms with Gasteiger partial charge in [-0.2, -0.15) is 0 Å². The van der Waals surface area contributed by atoms with Crippen LogP contribution < -0.4 is 10.4 Å². The molecule has 2 aromatic carbocycles. The summed E-state index contributed by atoms with van der Waals surface area (Å²) in [7, 11) is -2.67. The molecule has 4 nitrogen and oxygen atoms in total. The van der Waals surface area contributed by atoms with Gasteiger partial charge in [0.25, 0.3) is 8.32 Å². The number of ether oxygens (including phenoxy) is 2. The van der Waals surface area contributed by atoms with Crippen molar-refractivity contribution < 1.29 is 18.7 Å². The SMILES string of the molecule is CC/C=C/[C@H]1OC(=O)O[C@H]1CO[Si](c1ccccc1)(c1ccccc1)C(C)(C)C. The Kier molecular flexibility index (Phi) is 6.60. The van der Waals surface area contributed by atoms with Gasteiger partial charge in [-0.3, -0.25) is 0 Å². The third-order valence-corrected chi connectivity index (χ3v) is 10.3. The Morgan fingerprint density at radius 1 is 0.966 bits per heavy atom. The first kappa shape index (κ1) is 21.3. The van der Waals surface area contributed by atoms with Crippen LogP contribution in [0, 0.1) is 0 Å². The lowest BCUT2D eigenvalue weighted by molar-refractivity contribution is 0.0932. The molecule has 1 aliphatic heterocycles. The van der Waals surface area contributed by atoms with Crippen molar-refractivity contribution in [3.63, 3.8) is 0 Å². The van der Waals surface area contributed by atoms with Crippen LogP contribution in [0.1, 0.15) is 34.1 Å². The molecule has 0 aromatic heterocycles. The number of rotatable bonds is 7. The molecule has 5 heteroatoms. The highest BCUT2D eigenvalue weighted by molar-refractivity contribution is 6.99. The van der Waals surface area contributed by atoms with E-state index in [0.29, 0.717) is 0 Å². The van der Waals surface area contributed by atoms with Crippen LogP contribution in [0.5, 0.6) is 0 Å².